The predicted molar refractivity (Wildman–Crippen MR) is 89.8 cm³/mol. The summed E-state index contributed by atoms with van der Waals surface area (Å²) in [5.74, 6) is 0. The van der Waals surface area contributed by atoms with Gasteiger partial charge in [-0.05, 0) is 30.5 Å². The highest BCUT2D eigenvalue weighted by Gasteiger charge is 2.49. The van der Waals surface area contributed by atoms with E-state index in [9.17, 15) is 0 Å². The lowest BCUT2D eigenvalue weighted by molar-refractivity contribution is -0.431. The molecule has 0 radical (unpaired) electrons. The van der Waals surface area contributed by atoms with Gasteiger partial charge < -0.3 is 0 Å². The Hall–Kier alpha value is -1.39. The van der Waals surface area contributed by atoms with E-state index < -0.39 is 5.72 Å². The summed E-state index contributed by atoms with van der Waals surface area (Å²) in [5, 5.41) is 0.631. The Morgan fingerprint density at radius 1 is 0.870 bits per heavy atom. The molecule has 0 saturated heterocycles. The lowest BCUT2D eigenvalue weighted by atomic mass is 9.75. The van der Waals surface area contributed by atoms with E-state index in [0.29, 0.717) is 5.02 Å². The summed E-state index contributed by atoms with van der Waals surface area (Å²) in [5.41, 5.74) is 8.05. The predicted octanol–water partition coefficient (Wildman–Crippen LogP) is 4.62. The molecule has 1 aliphatic heterocycles. The minimum atomic E-state index is -1.13. The second-order valence-corrected chi connectivity index (χ2v) is 6.95. The summed E-state index contributed by atoms with van der Waals surface area (Å²) < 4.78 is 0. The Bertz CT molecular complexity index is 727. The molecule has 1 saturated carbocycles. The van der Waals surface area contributed by atoms with Gasteiger partial charge in [-0.15, -0.1) is 0 Å². The van der Waals surface area contributed by atoms with Gasteiger partial charge in [0, 0.05) is 16.1 Å². The van der Waals surface area contributed by atoms with Gasteiger partial charge in [0.25, 0.3) is 0 Å². The highest BCUT2D eigenvalue weighted by molar-refractivity contribution is 6.30. The number of nitrogens with two attached hydrogens (primary N) is 1. The highest BCUT2D eigenvalue weighted by atomic mass is 35.5. The Labute approximate surface area is 141 Å². The molecule has 1 aliphatic carbocycles. The fraction of sp³-hybridized carbons (Fsp3) is 0.368. The van der Waals surface area contributed by atoms with Gasteiger partial charge in [-0.25, -0.2) is 9.78 Å². The highest BCUT2D eigenvalue weighted by Crippen LogP contribution is 2.49. The average Bonchev–Trinajstić information content (AvgIpc) is 2.60. The number of halogens is 1. The first-order chi connectivity index (χ1) is 11.1. The summed E-state index contributed by atoms with van der Waals surface area (Å²) in [6.07, 6.45) is 5.47. The van der Waals surface area contributed by atoms with Crippen molar-refractivity contribution < 1.29 is 9.78 Å². The molecule has 2 aliphatic rings. The lowest BCUT2D eigenvalue weighted by Gasteiger charge is -2.46. The van der Waals surface area contributed by atoms with Crippen LogP contribution in [-0.4, -0.2) is 0 Å². The third-order valence-electron chi connectivity index (χ3n) is 5.07. The van der Waals surface area contributed by atoms with Crippen LogP contribution in [0.3, 0.4) is 0 Å². The molecule has 1 atom stereocenters. The van der Waals surface area contributed by atoms with E-state index >= 15 is 0 Å². The summed E-state index contributed by atoms with van der Waals surface area (Å²) in [6.45, 7) is 0. The van der Waals surface area contributed by atoms with Gasteiger partial charge in [0.2, 0.25) is 5.72 Å². The van der Waals surface area contributed by atoms with Crippen LogP contribution in [0.5, 0.6) is 0 Å². The van der Waals surface area contributed by atoms with Crippen molar-refractivity contribution in [3.63, 3.8) is 0 Å². The fourth-order valence-corrected chi connectivity index (χ4v) is 4.03. The molecule has 23 heavy (non-hydrogen) atoms. The molecule has 0 amide bonds. The Morgan fingerprint density at radius 3 is 2.35 bits per heavy atom. The molecule has 2 aromatic carbocycles. The second-order valence-electron chi connectivity index (χ2n) is 6.51. The van der Waals surface area contributed by atoms with E-state index in [-0.39, 0.29) is 5.60 Å². The van der Waals surface area contributed by atoms with Crippen molar-refractivity contribution in [3.8, 4) is 0 Å². The smallest absolute Gasteiger partial charge is 0.203 e. The maximum atomic E-state index is 6.65. The van der Waals surface area contributed by atoms with E-state index in [1.54, 1.807) is 0 Å². The van der Waals surface area contributed by atoms with Crippen LogP contribution in [0.4, 0.5) is 0 Å². The third-order valence-corrected chi connectivity index (χ3v) is 5.30. The molecule has 0 bridgehead atoms. The molecule has 4 rings (SSSR count). The fourth-order valence-electron chi connectivity index (χ4n) is 3.84. The normalized spacial score (nSPS) is 26.0. The molecule has 0 aromatic heterocycles. The van der Waals surface area contributed by atoms with Crippen LogP contribution in [0.25, 0.3) is 0 Å². The summed E-state index contributed by atoms with van der Waals surface area (Å²) in [7, 11) is 0. The van der Waals surface area contributed by atoms with Crippen LogP contribution in [0.1, 0.15) is 48.8 Å². The number of benzene rings is 2. The van der Waals surface area contributed by atoms with E-state index in [1.807, 2.05) is 42.5 Å². The zero-order valence-electron chi connectivity index (χ0n) is 12.9. The number of hydrogen-bond acceptors (Lipinski definition) is 3. The molecular formula is C19H20ClNO2. The summed E-state index contributed by atoms with van der Waals surface area (Å²) in [4.78, 5) is 11.8. The van der Waals surface area contributed by atoms with Gasteiger partial charge in [0.1, 0.15) is 5.60 Å². The quantitative estimate of drug-likeness (QED) is 0.776. The zero-order valence-corrected chi connectivity index (χ0v) is 13.7. The topological polar surface area (TPSA) is 44.5 Å². The molecule has 1 spiro atoms. The maximum absolute atomic E-state index is 6.65. The molecule has 120 valence electrons. The summed E-state index contributed by atoms with van der Waals surface area (Å²) in [6, 6.07) is 15.7. The SMILES string of the molecule is NC1(c2cccc(Cl)c2)OOC2(CCCCC2)c2ccccc21. The van der Waals surface area contributed by atoms with Crippen LogP contribution in [-0.2, 0) is 21.1 Å². The first kappa shape index (κ1) is 15.2. The van der Waals surface area contributed by atoms with Gasteiger partial charge in [-0.3, -0.25) is 5.73 Å². The van der Waals surface area contributed by atoms with Crippen molar-refractivity contribution in [1.29, 1.82) is 0 Å². The largest absolute Gasteiger partial charge is 0.293 e. The molecule has 2 N–H and O–H groups in total. The lowest BCUT2D eigenvalue weighted by Crippen LogP contribution is -2.50. The minimum Gasteiger partial charge on any atom is -0.293 e. The summed E-state index contributed by atoms with van der Waals surface area (Å²) >= 11 is 6.14. The van der Waals surface area contributed by atoms with Crippen LogP contribution in [0.15, 0.2) is 48.5 Å². The maximum Gasteiger partial charge on any atom is 0.203 e. The first-order valence-electron chi connectivity index (χ1n) is 8.16. The standard InChI is InChI=1S/C19H20ClNO2/c20-15-8-6-7-14(13-15)19(21)17-10-3-2-9-16(17)18(22-23-19)11-4-1-5-12-18/h2-3,6-10,13H,1,4-5,11-12,21H2. The van der Waals surface area contributed by atoms with Crippen molar-refractivity contribution in [2.24, 2.45) is 5.73 Å². The third kappa shape index (κ3) is 2.39. The van der Waals surface area contributed by atoms with E-state index in [2.05, 4.69) is 6.07 Å². The van der Waals surface area contributed by atoms with Crippen molar-refractivity contribution >= 4 is 11.6 Å². The van der Waals surface area contributed by atoms with E-state index in [4.69, 9.17) is 27.1 Å². The Balaban J connectivity index is 1.86. The number of fused-ring (bicyclic) bond motifs is 2. The van der Waals surface area contributed by atoms with Gasteiger partial charge in [-0.2, -0.15) is 0 Å². The van der Waals surface area contributed by atoms with Crippen LogP contribution < -0.4 is 5.73 Å². The van der Waals surface area contributed by atoms with Gasteiger partial charge in [0.15, 0.2) is 0 Å². The Kier molecular flexibility index (Phi) is 3.69. The van der Waals surface area contributed by atoms with Crippen LogP contribution in [0, 0.1) is 0 Å². The van der Waals surface area contributed by atoms with Crippen LogP contribution in [0.2, 0.25) is 5.02 Å². The number of rotatable bonds is 1. The molecule has 2 aromatic rings. The molecule has 4 heteroatoms. The molecular weight excluding hydrogens is 310 g/mol. The van der Waals surface area contributed by atoms with Crippen molar-refractivity contribution in [3.05, 3.63) is 70.2 Å². The average molecular weight is 330 g/mol. The number of hydrogen-bond donors (Lipinski definition) is 1. The molecule has 1 unspecified atom stereocenters. The van der Waals surface area contributed by atoms with Gasteiger partial charge in [-0.1, -0.05) is 67.3 Å². The zero-order chi connectivity index (χ0) is 15.9. The van der Waals surface area contributed by atoms with Gasteiger partial charge >= 0.3 is 0 Å². The molecule has 3 nitrogen and oxygen atoms in total. The molecule has 1 heterocycles. The van der Waals surface area contributed by atoms with Gasteiger partial charge in [0.05, 0.1) is 0 Å². The Morgan fingerprint density at radius 2 is 1.61 bits per heavy atom. The van der Waals surface area contributed by atoms with E-state index in [0.717, 1.165) is 42.4 Å². The second kappa shape index (κ2) is 5.60. The van der Waals surface area contributed by atoms with Crippen LogP contribution >= 0.6 is 11.6 Å². The first-order valence-corrected chi connectivity index (χ1v) is 8.54. The monoisotopic (exact) mass is 329 g/mol. The van der Waals surface area contributed by atoms with Crippen molar-refractivity contribution in [2.45, 2.75) is 43.4 Å². The van der Waals surface area contributed by atoms with E-state index in [1.165, 1.54) is 6.42 Å². The van der Waals surface area contributed by atoms with Crippen molar-refractivity contribution in [1.82, 2.24) is 0 Å². The minimum absolute atomic E-state index is 0.365. The molecule has 1 fully saturated rings. The van der Waals surface area contributed by atoms with Crippen molar-refractivity contribution in [2.75, 3.05) is 0 Å².